The molecule has 20 heavy (non-hydrogen) atoms. The van der Waals surface area contributed by atoms with Gasteiger partial charge in [-0.25, -0.2) is 8.42 Å². The van der Waals surface area contributed by atoms with Crippen molar-refractivity contribution in [1.29, 1.82) is 0 Å². The lowest BCUT2D eigenvalue weighted by Gasteiger charge is -2.33. The number of hydrogen-bond acceptors (Lipinski definition) is 5. The zero-order chi connectivity index (χ0) is 14.8. The number of aromatic nitrogens is 2. The van der Waals surface area contributed by atoms with Crippen molar-refractivity contribution in [3.05, 3.63) is 12.4 Å². The highest BCUT2D eigenvalue weighted by atomic mass is 32.2. The summed E-state index contributed by atoms with van der Waals surface area (Å²) in [7, 11) is -3.46. The molecule has 2 unspecified atom stereocenters. The number of aliphatic hydroxyl groups is 1. The predicted octanol–water partition coefficient (Wildman–Crippen LogP) is 0.780. The van der Waals surface area contributed by atoms with Gasteiger partial charge in [-0.15, -0.1) is 0 Å². The van der Waals surface area contributed by atoms with Crippen LogP contribution in [0.4, 0.5) is 0 Å². The second-order valence-electron chi connectivity index (χ2n) is 5.10. The largest absolute Gasteiger partial charge is 0.396 e. The topological polar surface area (TPSA) is 75.4 Å². The summed E-state index contributed by atoms with van der Waals surface area (Å²) in [6, 6.07) is 0. The maximum Gasteiger partial charge on any atom is 0.246 e. The van der Waals surface area contributed by atoms with Crippen LogP contribution in [-0.4, -0.2) is 57.8 Å². The average molecular weight is 319 g/mol. The Hall–Kier alpha value is -0.570. The number of rotatable bonds is 5. The Balaban J connectivity index is 2.15. The number of aliphatic hydroxyl groups excluding tert-OH is 1. The van der Waals surface area contributed by atoms with Crippen LogP contribution in [0.1, 0.15) is 20.3 Å². The molecule has 0 bridgehead atoms. The van der Waals surface area contributed by atoms with Gasteiger partial charge in [0.2, 0.25) is 10.0 Å². The highest BCUT2D eigenvalue weighted by Crippen LogP contribution is 2.28. The molecule has 8 heteroatoms. The molecular formula is C12H21N3O3S2. The van der Waals surface area contributed by atoms with Crippen molar-refractivity contribution in [2.24, 2.45) is 0 Å². The van der Waals surface area contributed by atoms with E-state index in [-0.39, 0.29) is 11.5 Å². The second-order valence-corrected chi connectivity index (χ2v) is 8.92. The molecule has 1 aromatic rings. The van der Waals surface area contributed by atoms with Crippen LogP contribution in [0, 0.1) is 0 Å². The van der Waals surface area contributed by atoms with Gasteiger partial charge in [0.1, 0.15) is 4.90 Å². The van der Waals surface area contributed by atoms with Crippen molar-refractivity contribution in [3.63, 3.8) is 0 Å². The molecule has 1 aliphatic heterocycles. The minimum atomic E-state index is -3.46. The summed E-state index contributed by atoms with van der Waals surface area (Å²) in [6.45, 7) is 5.77. The standard InChI is InChI=1S/C12H21N3O3S2/c1-10-7-15(8-11(2)19-10)20(17,18)12-6-13-14(9-12)4-3-5-16/h6,9-11,16H,3-5,7-8H2,1-2H3. The van der Waals surface area contributed by atoms with Crippen LogP contribution in [0.3, 0.4) is 0 Å². The number of thioether (sulfide) groups is 1. The summed E-state index contributed by atoms with van der Waals surface area (Å²) in [5, 5.41) is 13.4. The normalized spacial score (nSPS) is 24.9. The first kappa shape index (κ1) is 15.8. The fourth-order valence-corrected chi connectivity index (χ4v) is 5.40. The molecule has 114 valence electrons. The molecule has 0 radical (unpaired) electrons. The molecule has 6 nitrogen and oxygen atoms in total. The van der Waals surface area contributed by atoms with Crippen LogP contribution in [-0.2, 0) is 16.6 Å². The van der Waals surface area contributed by atoms with Crippen LogP contribution in [0.5, 0.6) is 0 Å². The van der Waals surface area contributed by atoms with Gasteiger partial charge in [0.25, 0.3) is 0 Å². The first-order chi connectivity index (χ1) is 9.43. The van der Waals surface area contributed by atoms with Crippen molar-refractivity contribution in [1.82, 2.24) is 14.1 Å². The molecule has 0 amide bonds. The highest BCUT2D eigenvalue weighted by molar-refractivity contribution is 8.00. The van der Waals surface area contributed by atoms with E-state index < -0.39 is 10.0 Å². The van der Waals surface area contributed by atoms with Gasteiger partial charge in [0.15, 0.2) is 0 Å². The number of nitrogens with zero attached hydrogens (tertiary/aromatic N) is 3. The monoisotopic (exact) mass is 319 g/mol. The van der Waals surface area contributed by atoms with Crippen LogP contribution in [0.25, 0.3) is 0 Å². The van der Waals surface area contributed by atoms with Gasteiger partial charge in [-0.2, -0.15) is 21.2 Å². The van der Waals surface area contributed by atoms with Crippen LogP contribution in [0.2, 0.25) is 0 Å². The second kappa shape index (κ2) is 6.46. The minimum Gasteiger partial charge on any atom is -0.396 e. The third-order valence-electron chi connectivity index (χ3n) is 3.18. The molecular weight excluding hydrogens is 298 g/mol. The fourth-order valence-electron chi connectivity index (χ4n) is 2.31. The zero-order valence-corrected chi connectivity index (χ0v) is 13.4. The van der Waals surface area contributed by atoms with Crippen LogP contribution >= 0.6 is 11.8 Å². The maximum absolute atomic E-state index is 12.6. The van der Waals surface area contributed by atoms with E-state index in [1.165, 1.54) is 6.20 Å². The van der Waals surface area contributed by atoms with E-state index in [9.17, 15) is 8.42 Å². The van der Waals surface area contributed by atoms with Crippen molar-refractivity contribution >= 4 is 21.8 Å². The molecule has 1 aliphatic rings. The van der Waals surface area contributed by atoms with Gasteiger partial charge < -0.3 is 5.11 Å². The highest BCUT2D eigenvalue weighted by Gasteiger charge is 2.32. The Morgan fingerprint density at radius 2 is 2.05 bits per heavy atom. The predicted molar refractivity (Wildman–Crippen MR) is 79.2 cm³/mol. The summed E-state index contributed by atoms with van der Waals surface area (Å²) in [4.78, 5) is 0.238. The molecule has 1 N–H and O–H groups in total. The third-order valence-corrected chi connectivity index (χ3v) is 6.19. The van der Waals surface area contributed by atoms with Crippen molar-refractivity contribution in [2.45, 2.75) is 42.2 Å². The first-order valence-corrected chi connectivity index (χ1v) is 9.10. The van der Waals surface area contributed by atoms with Gasteiger partial charge in [0.05, 0.1) is 6.20 Å². The van der Waals surface area contributed by atoms with Crippen LogP contribution in [0.15, 0.2) is 17.3 Å². The van der Waals surface area contributed by atoms with Crippen LogP contribution < -0.4 is 0 Å². The Kier molecular flexibility index (Phi) is 5.11. The zero-order valence-electron chi connectivity index (χ0n) is 11.8. The maximum atomic E-state index is 12.6. The van der Waals surface area contributed by atoms with Gasteiger partial charge in [-0.1, -0.05) is 13.8 Å². The molecule has 1 saturated heterocycles. The Morgan fingerprint density at radius 3 is 2.65 bits per heavy atom. The van der Waals surface area contributed by atoms with E-state index in [1.807, 2.05) is 25.6 Å². The summed E-state index contributed by atoms with van der Waals surface area (Å²) in [5.74, 6) is 0. The lowest BCUT2D eigenvalue weighted by atomic mass is 10.4. The lowest BCUT2D eigenvalue weighted by molar-refractivity contribution is 0.277. The minimum absolute atomic E-state index is 0.0698. The van der Waals surface area contributed by atoms with E-state index in [1.54, 1.807) is 15.2 Å². The van der Waals surface area contributed by atoms with E-state index in [0.717, 1.165) is 0 Å². The molecule has 0 saturated carbocycles. The van der Waals surface area contributed by atoms with Crippen molar-refractivity contribution in [2.75, 3.05) is 19.7 Å². The number of aryl methyl sites for hydroxylation is 1. The quantitative estimate of drug-likeness (QED) is 0.868. The van der Waals surface area contributed by atoms with E-state index in [0.29, 0.717) is 36.6 Å². The molecule has 2 atom stereocenters. The van der Waals surface area contributed by atoms with Gasteiger partial charge >= 0.3 is 0 Å². The van der Waals surface area contributed by atoms with E-state index in [2.05, 4.69) is 5.10 Å². The molecule has 1 aromatic heterocycles. The van der Waals surface area contributed by atoms with Gasteiger partial charge in [-0.3, -0.25) is 4.68 Å². The number of sulfonamides is 1. The number of hydrogen-bond donors (Lipinski definition) is 1. The van der Waals surface area contributed by atoms with E-state index in [4.69, 9.17) is 5.11 Å². The fraction of sp³-hybridized carbons (Fsp3) is 0.750. The van der Waals surface area contributed by atoms with Crippen molar-refractivity contribution < 1.29 is 13.5 Å². The molecule has 0 spiro atoms. The van der Waals surface area contributed by atoms with Gasteiger partial charge in [0, 0.05) is 42.9 Å². The molecule has 0 aliphatic carbocycles. The van der Waals surface area contributed by atoms with Crippen molar-refractivity contribution in [3.8, 4) is 0 Å². The Labute approximate surface area is 124 Å². The summed E-state index contributed by atoms with van der Waals surface area (Å²) >= 11 is 1.82. The molecule has 1 fully saturated rings. The summed E-state index contributed by atoms with van der Waals surface area (Å²) in [5.41, 5.74) is 0. The summed E-state index contributed by atoms with van der Waals surface area (Å²) in [6.07, 6.45) is 3.50. The third kappa shape index (κ3) is 3.55. The Morgan fingerprint density at radius 1 is 1.40 bits per heavy atom. The van der Waals surface area contributed by atoms with Gasteiger partial charge in [-0.05, 0) is 6.42 Å². The summed E-state index contributed by atoms with van der Waals surface area (Å²) < 4.78 is 28.3. The Bertz CT molecular complexity index is 534. The van der Waals surface area contributed by atoms with E-state index >= 15 is 0 Å². The molecule has 2 rings (SSSR count). The molecule has 2 heterocycles. The SMILES string of the molecule is CC1CN(S(=O)(=O)c2cnn(CCCO)c2)CC(C)S1. The first-order valence-electron chi connectivity index (χ1n) is 6.72. The lowest BCUT2D eigenvalue weighted by Crippen LogP contribution is -2.43. The average Bonchev–Trinajstić information content (AvgIpc) is 2.84. The molecule has 0 aromatic carbocycles. The smallest absolute Gasteiger partial charge is 0.246 e.